The number of likely N-dealkylation sites (N-methyl/N-ethyl adjacent to an activating group) is 1. The zero-order chi connectivity index (χ0) is 17.8. The lowest BCUT2D eigenvalue weighted by molar-refractivity contribution is 0.261. The Labute approximate surface area is 152 Å². The molecule has 3 aromatic rings. The average molecular weight is 358 g/mol. The summed E-state index contributed by atoms with van der Waals surface area (Å²) in [4.78, 5) is 6.56. The van der Waals surface area contributed by atoms with Gasteiger partial charge in [0.25, 0.3) is 5.89 Å². The number of nitrogens with zero attached hydrogens (tertiary/aromatic N) is 3. The highest BCUT2D eigenvalue weighted by Crippen LogP contribution is 2.31. The Hall–Kier alpha value is -2.37. The van der Waals surface area contributed by atoms with Crippen LogP contribution in [-0.2, 0) is 0 Å². The number of rotatable bonds is 6. The summed E-state index contributed by atoms with van der Waals surface area (Å²) in [6, 6.07) is 13.3. The van der Waals surface area contributed by atoms with Crippen LogP contribution in [0, 0.1) is 6.92 Å². The molecule has 0 bridgehead atoms. The normalized spacial score (nSPS) is 11.1. The maximum Gasteiger partial charge on any atom is 0.262 e. The quantitative estimate of drug-likeness (QED) is 0.658. The van der Waals surface area contributed by atoms with Gasteiger partial charge < -0.3 is 14.2 Å². The van der Waals surface area contributed by atoms with Crippen molar-refractivity contribution in [2.45, 2.75) is 6.92 Å². The Kier molecular flexibility index (Phi) is 5.36. The van der Waals surface area contributed by atoms with Crippen LogP contribution >= 0.6 is 11.6 Å². The molecule has 1 heterocycles. The number of para-hydroxylation sites is 1. The summed E-state index contributed by atoms with van der Waals surface area (Å²) < 4.78 is 11.3. The third kappa shape index (κ3) is 4.18. The zero-order valence-corrected chi connectivity index (χ0v) is 15.2. The molecule has 0 fully saturated rings. The molecule has 0 aliphatic heterocycles. The summed E-state index contributed by atoms with van der Waals surface area (Å²) in [7, 11) is 4.01. The van der Waals surface area contributed by atoms with Crippen LogP contribution in [0.25, 0.3) is 22.8 Å². The van der Waals surface area contributed by atoms with Crippen molar-refractivity contribution < 1.29 is 9.26 Å². The van der Waals surface area contributed by atoms with Crippen molar-refractivity contribution in [1.29, 1.82) is 0 Å². The molecule has 25 heavy (non-hydrogen) atoms. The molecular formula is C19H20ClN3O2. The largest absolute Gasteiger partial charge is 0.491 e. The second kappa shape index (κ2) is 7.68. The third-order valence-corrected chi connectivity index (χ3v) is 4.18. The van der Waals surface area contributed by atoms with Crippen LogP contribution in [0.15, 0.2) is 47.0 Å². The molecule has 0 spiro atoms. The molecule has 3 rings (SSSR count). The molecule has 5 nitrogen and oxygen atoms in total. The Morgan fingerprint density at radius 2 is 1.96 bits per heavy atom. The Bertz CT molecular complexity index is 861. The van der Waals surface area contributed by atoms with Gasteiger partial charge in [0, 0.05) is 17.1 Å². The van der Waals surface area contributed by atoms with Gasteiger partial charge >= 0.3 is 0 Å². The predicted octanol–water partition coefficient (Wildman–Crippen LogP) is 4.31. The minimum absolute atomic E-state index is 0.423. The van der Waals surface area contributed by atoms with Crippen molar-refractivity contribution in [3.05, 3.63) is 53.1 Å². The van der Waals surface area contributed by atoms with Gasteiger partial charge in [0.2, 0.25) is 5.82 Å². The second-order valence-corrected chi connectivity index (χ2v) is 6.44. The number of benzene rings is 2. The fourth-order valence-electron chi connectivity index (χ4n) is 2.29. The monoisotopic (exact) mass is 357 g/mol. The van der Waals surface area contributed by atoms with E-state index in [1.807, 2.05) is 63.5 Å². The van der Waals surface area contributed by atoms with E-state index in [-0.39, 0.29) is 0 Å². The summed E-state index contributed by atoms with van der Waals surface area (Å²) in [6.07, 6.45) is 0. The predicted molar refractivity (Wildman–Crippen MR) is 99.0 cm³/mol. The number of aromatic nitrogens is 2. The van der Waals surface area contributed by atoms with Gasteiger partial charge in [-0.15, -0.1) is 0 Å². The van der Waals surface area contributed by atoms with Crippen molar-refractivity contribution in [3.8, 4) is 28.6 Å². The maximum atomic E-state index is 6.19. The van der Waals surface area contributed by atoms with E-state index in [1.165, 1.54) is 0 Å². The standard InChI is InChI=1S/C19H20ClN3O2/c1-13-8-9-14(12-16(13)20)18-21-19(25-22-18)15-6-4-5-7-17(15)24-11-10-23(2)3/h4-9,12H,10-11H2,1-3H3. The molecule has 0 saturated heterocycles. The van der Waals surface area contributed by atoms with E-state index in [4.69, 9.17) is 20.9 Å². The highest BCUT2D eigenvalue weighted by atomic mass is 35.5. The Morgan fingerprint density at radius 1 is 1.16 bits per heavy atom. The van der Waals surface area contributed by atoms with Crippen molar-refractivity contribution >= 4 is 11.6 Å². The van der Waals surface area contributed by atoms with Crippen LogP contribution in [-0.4, -0.2) is 42.3 Å². The fourth-order valence-corrected chi connectivity index (χ4v) is 2.47. The average Bonchev–Trinajstić information content (AvgIpc) is 3.07. The van der Waals surface area contributed by atoms with E-state index in [9.17, 15) is 0 Å². The van der Waals surface area contributed by atoms with E-state index in [0.717, 1.165) is 29.0 Å². The third-order valence-electron chi connectivity index (χ3n) is 3.77. The smallest absolute Gasteiger partial charge is 0.262 e. The minimum Gasteiger partial charge on any atom is -0.491 e. The van der Waals surface area contributed by atoms with Crippen LogP contribution < -0.4 is 4.74 Å². The summed E-state index contributed by atoms with van der Waals surface area (Å²) in [5.41, 5.74) is 2.60. The van der Waals surface area contributed by atoms with Crippen LogP contribution in [0.4, 0.5) is 0 Å². The number of halogens is 1. The minimum atomic E-state index is 0.423. The van der Waals surface area contributed by atoms with Gasteiger partial charge in [-0.2, -0.15) is 4.98 Å². The summed E-state index contributed by atoms with van der Waals surface area (Å²) in [5.74, 6) is 1.65. The highest BCUT2D eigenvalue weighted by molar-refractivity contribution is 6.31. The first kappa shape index (κ1) is 17.5. The molecule has 2 aromatic carbocycles. The molecule has 0 N–H and O–H groups in total. The van der Waals surface area contributed by atoms with Crippen LogP contribution in [0.2, 0.25) is 5.02 Å². The molecule has 0 unspecified atom stereocenters. The lowest BCUT2D eigenvalue weighted by Gasteiger charge is -2.12. The van der Waals surface area contributed by atoms with Gasteiger partial charge in [0.05, 0.1) is 5.56 Å². The fraction of sp³-hybridized carbons (Fsp3) is 0.263. The molecule has 1 aromatic heterocycles. The van der Waals surface area contributed by atoms with E-state index in [1.54, 1.807) is 0 Å². The molecule has 0 radical (unpaired) electrons. The molecule has 0 saturated carbocycles. The van der Waals surface area contributed by atoms with Crippen LogP contribution in [0.1, 0.15) is 5.56 Å². The molecular weight excluding hydrogens is 338 g/mol. The number of hydrogen-bond acceptors (Lipinski definition) is 5. The van der Waals surface area contributed by atoms with Crippen LogP contribution in [0.5, 0.6) is 5.75 Å². The molecule has 0 aliphatic rings. The number of hydrogen-bond donors (Lipinski definition) is 0. The van der Waals surface area contributed by atoms with Crippen molar-refractivity contribution in [2.24, 2.45) is 0 Å². The first-order valence-corrected chi connectivity index (χ1v) is 8.39. The SMILES string of the molecule is Cc1ccc(-c2noc(-c3ccccc3OCCN(C)C)n2)cc1Cl. The number of aryl methyl sites for hydroxylation is 1. The van der Waals surface area contributed by atoms with Gasteiger partial charge in [-0.25, -0.2) is 0 Å². The highest BCUT2D eigenvalue weighted by Gasteiger charge is 2.15. The van der Waals surface area contributed by atoms with Gasteiger partial charge in [-0.3, -0.25) is 0 Å². The van der Waals surface area contributed by atoms with Crippen molar-refractivity contribution in [1.82, 2.24) is 15.0 Å². The van der Waals surface area contributed by atoms with E-state index in [0.29, 0.717) is 23.3 Å². The Morgan fingerprint density at radius 3 is 2.72 bits per heavy atom. The van der Waals surface area contributed by atoms with E-state index in [2.05, 4.69) is 15.0 Å². The first-order chi connectivity index (χ1) is 12.0. The van der Waals surface area contributed by atoms with Crippen LogP contribution in [0.3, 0.4) is 0 Å². The molecule has 0 amide bonds. The van der Waals surface area contributed by atoms with Gasteiger partial charge in [-0.1, -0.05) is 41.0 Å². The van der Waals surface area contributed by atoms with Gasteiger partial charge in [-0.05, 0) is 44.8 Å². The molecule has 0 atom stereocenters. The summed E-state index contributed by atoms with van der Waals surface area (Å²) in [5, 5.41) is 4.75. The van der Waals surface area contributed by atoms with Gasteiger partial charge in [0.15, 0.2) is 0 Å². The lowest BCUT2D eigenvalue weighted by Crippen LogP contribution is -2.19. The van der Waals surface area contributed by atoms with Crippen molar-refractivity contribution in [3.63, 3.8) is 0 Å². The topological polar surface area (TPSA) is 51.4 Å². The molecule has 0 aliphatic carbocycles. The summed E-state index contributed by atoms with van der Waals surface area (Å²) in [6.45, 7) is 3.36. The van der Waals surface area contributed by atoms with E-state index >= 15 is 0 Å². The first-order valence-electron chi connectivity index (χ1n) is 8.02. The van der Waals surface area contributed by atoms with Gasteiger partial charge in [0.1, 0.15) is 12.4 Å². The Balaban J connectivity index is 1.86. The number of ether oxygens (including phenoxy) is 1. The molecule has 130 valence electrons. The summed E-state index contributed by atoms with van der Waals surface area (Å²) >= 11 is 6.19. The zero-order valence-electron chi connectivity index (χ0n) is 14.5. The van der Waals surface area contributed by atoms with E-state index < -0.39 is 0 Å². The second-order valence-electron chi connectivity index (χ2n) is 6.03. The maximum absolute atomic E-state index is 6.19. The lowest BCUT2D eigenvalue weighted by atomic mass is 10.1. The van der Waals surface area contributed by atoms with Crippen molar-refractivity contribution in [2.75, 3.05) is 27.2 Å². The molecule has 6 heteroatoms.